The Morgan fingerprint density at radius 2 is 1.70 bits per heavy atom. The lowest BCUT2D eigenvalue weighted by Crippen LogP contribution is -2.42. The van der Waals surface area contributed by atoms with Crippen molar-refractivity contribution in [2.24, 2.45) is 0 Å². The van der Waals surface area contributed by atoms with E-state index in [1.165, 1.54) is 26.1 Å². The second-order valence-corrected chi connectivity index (χ2v) is 5.51. The molecular weight excluding hydrogens is 300 g/mol. The number of carbonyl (C=O) groups excluding carboxylic acids is 2. The number of nitrogens with one attached hydrogen (secondary N) is 2. The maximum absolute atomic E-state index is 11.8. The van der Waals surface area contributed by atoms with Gasteiger partial charge in [-0.25, -0.2) is 9.59 Å². The first-order chi connectivity index (χ1) is 10.8. The van der Waals surface area contributed by atoms with E-state index in [2.05, 4.69) is 10.3 Å². The van der Waals surface area contributed by atoms with Crippen LogP contribution in [0, 0.1) is 0 Å². The number of rotatable bonds is 2. The molecule has 7 nitrogen and oxygen atoms in total. The molecule has 1 aliphatic rings. The molecule has 2 heterocycles. The Hall–Kier alpha value is -3.09. The van der Waals surface area contributed by atoms with E-state index in [-0.39, 0.29) is 11.1 Å². The number of benzene rings is 1. The average Bonchev–Trinajstić information content (AvgIpc) is 2.44. The summed E-state index contributed by atoms with van der Waals surface area (Å²) < 4.78 is 9.99. The summed E-state index contributed by atoms with van der Waals surface area (Å²) in [7, 11) is 0. The number of hydrogen-bond acceptors (Lipinski definition) is 6. The fourth-order valence-corrected chi connectivity index (χ4v) is 2.17. The summed E-state index contributed by atoms with van der Waals surface area (Å²) in [6.45, 7) is 2.96. The van der Waals surface area contributed by atoms with E-state index < -0.39 is 17.7 Å². The zero-order valence-electron chi connectivity index (χ0n) is 12.5. The van der Waals surface area contributed by atoms with Crippen molar-refractivity contribution in [3.63, 3.8) is 0 Å². The molecule has 1 aliphatic heterocycles. The highest BCUT2D eigenvalue weighted by molar-refractivity contribution is 6.15. The first-order valence-corrected chi connectivity index (χ1v) is 6.90. The maximum Gasteiger partial charge on any atom is 0.350 e. The maximum atomic E-state index is 11.8. The zero-order valence-corrected chi connectivity index (χ0v) is 12.5. The number of hydrogen-bond donors (Lipinski definition) is 2. The molecule has 2 N–H and O–H groups in total. The summed E-state index contributed by atoms with van der Waals surface area (Å²) in [6, 6.07) is 8.38. The van der Waals surface area contributed by atoms with Crippen molar-refractivity contribution < 1.29 is 19.1 Å². The van der Waals surface area contributed by atoms with Gasteiger partial charge in [0.2, 0.25) is 5.56 Å². The largest absolute Gasteiger partial charge is 0.419 e. The molecule has 1 saturated heterocycles. The van der Waals surface area contributed by atoms with Crippen LogP contribution in [-0.4, -0.2) is 22.7 Å². The Morgan fingerprint density at radius 1 is 1.04 bits per heavy atom. The quantitative estimate of drug-likeness (QED) is 0.497. The van der Waals surface area contributed by atoms with E-state index in [0.29, 0.717) is 11.2 Å². The van der Waals surface area contributed by atoms with Crippen LogP contribution in [0.3, 0.4) is 0 Å². The number of aromatic amines is 1. The number of cyclic esters (lactones) is 2. The van der Waals surface area contributed by atoms with E-state index in [9.17, 15) is 14.4 Å². The molecule has 0 bridgehead atoms. The molecule has 1 aromatic carbocycles. The highest BCUT2D eigenvalue weighted by atomic mass is 16.7. The summed E-state index contributed by atoms with van der Waals surface area (Å²) in [5.74, 6) is -2.78. The molecule has 0 radical (unpaired) electrons. The lowest BCUT2D eigenvalue weighted by molar-refractivity contribution is -0.222. The van der Waals surface area contributed by atoms with Gasteiger partial charge < -0.3 is 19.8 Å². The van der Waals surface area contributed by atoms with Gasteiger partial charge in [0.05, 0.1) is 5.52 Å². The lowest BCUT2D eigenvalue weighted by atomic mass is 10.2. The molecule has 23 heavy (non-hydrogen) atoms. The van der Waals surface area contributed by atoms with Gasteiger partial charge in [0.15, 0.2) is 5.57 Å². The number of anilines is 1. The minimum Gasteiger partial charge on any atom is -0.419 e. The van der Waals surface area contributed by atoms with Crippen molar-refractivity contribution >= 4 is 28.5 Å². The van der Waals surface area contributed by atoms with Gasteiger partial charge in [-0.3, -0.25) is 4.79 Å². The molecule has 7 heteroatoms. The Labute approximate surface area is 130 Å². The number of esters is 2. The zero-order chi connectivity index (χ0) is 16.6. The van der Waals surface area contributed by atoms with Gasteiger partial charge in [0.1, 0.15) is 0 Å². The first-order valence-electron chi connectivity index (χ1n) is 6.90. The summed E-state index contributed by atoms with van der Waals surface area (Å²) in [5, 5.41) is 3.69. The molecule has 0 spiro atoms. The van der Waals surface area contributed by atoms with E-state index in [4.69, 9.17) is 9.47 Å². The summed E-state index contributed by atoms with van der Waals surface area (Å²) in [6.07, 6.45) is 1.22. The normalized spacial score (nSPS) is 16.7. The fraction of sp³-hybridized carbons (Fsp3) is 0.188. The van der Waals surface area contributed by atoms with Gasteiger partial charge in [0.25, 0.3) is 5.79 Å². The molecule has 118 valence electrons. The molecular formula is C16H14N2O5. The monoisotopic (exact) mass is 314 g/mol. The van der Waals surface area contributed by atoms with Crippen molar-refractivity contribution in [1.29, 1.82) is 0 Å². The highest BCUT2D eigenvalue weighted by Gasteiger charge is 2.38. The molecule has 1 aromatic heterocycles. The van der Waals surface area contributed by atoms with E-state index in [1.54, 1.807) is 24.3 Å². The SMILES string of the molecule is CC1(C)OC(=O)C(=CNc2ccc3ccc(=O)[nH]c3c2)C(=O)O1. The molecule has 2 aromatic rings. The predicted molar refractivity (Wildman–Crippen MR) is 82.5 cm³/mol. The molecule has 0 unspecified atom stereocenters. The van der Waals surface area contributed by atoms with Crippen LogP contribution in [0.4, 0.5) is 5.69 Å². The fourth-order valence-electron chi connectivity index (χ4n) is 2.17. The van der Waals surface area contributed by atoms with Crippen LogP contribution in [0.5, 0.6) is 0 Å². The van der Waals surface area contributed by atoms with Crippen LogP contribution < -0.4 is 10.9 Å². The first kappa shape index (κ1) is 14.8. The van der Waals surface area contributed by atoms with E-state index in [0.717, 1.165) is 5.39 Å². The number of fused-ring (bicyclic) bond motifs is 1. The Balaban J connectivity index is 1.86. The second kappa shape index (κ2) is 5.28. The third kappa shape index (κ3) is 3.08. The van der Waals surface area contributed by atoms with Crippen LogP contribution in [0.15, 0.2) is 46.9 Å². The van der Waals surface area contributed by atoms with Crippen molar-refractivity contribution in [2.75, 3.05) is 5.32 Å². The number of ether oxygens (including phenoxy) is 2. The molecule has 0 amide bonds. The minimum atomic E-state index is -1.27. The second-order valence-electron chi connectivity index (χ2n) is 5.51. The highest BCUT2D eigenvalue weighted by Crippen LogP contribution is 2.23. The molecule has 0 atom stereocenters. The van der Waals surface area contributed by atoms with Crippen molar-refractivity contribution in [2.45, 2.75) is 19.6 Å². The van der Waals surface area contributed by atoms with Gasteiger partial charge in [-0.05, 0) is 23.6 Å². The Bertz CT molecular complexity index is 873. The molecule has 3 rings (SSSR count). The average molecular weight is 314 g/mol. The summed E-state index contributed by atoms with van der Waals surface area (Å²) in [5.41, 5.74) is 0.786. The topological polar surface area (TPSA) is 97.5 Å². The molecule has 0 aliphatic carbocycles. The number of H-pyrrole nitrogens is 1. The number of pyridine rings is 1. The Morgan fingerprint density at radius 3 is 2.39 bits per heavy atom. The van der Waals surface area contributed by atoms with Crippen molar-refractivity contribution in [3.8, 4) is 0 Å². The van der Waals surface area contributed by atoms with Gasteiger partial charge in [-0.15, -0.1) is 0 Å². The van der Waals surface area contributed by atoms with E-state index in [1.807, 2.05) is 0 Å². The summed E-state index contributed by atoms with van der Waals surface area (Å²) in [4.78, 5) is 37.7. The molecule has 1 fully saturated rings. The van der Waals surface area contributed by atoms with Crippen molar-refractivity contribution in [3.05, 3.63) is 52.5 Å². The Kier molecular flexibility index (Phi) is 3.40. The van der Waals surface area contributed by atoms with Crippen LogP contribution in [0.1, 0.15) is 13.8 Å². The lowest BCUT2D eigenvalue weighted by Gasteiger charge is -2.29. The van der Waals surface area contributed by atoms with Gasteiger partial charge in [0, 0.05) is 31.8 Å². The number of aromatic nitrogens is 1. The van der Waals surface area contributed by atoms with Gasteiger partial charge >= 0.3 is 11.9 Å². The molecule has 0 saturated carbocycles. The smallest absolute Gasteiger partial charge is 0.350 e. The summed E-state index contributed by atoms with van der Waals surface area (Å²) >= 11 is 0. The van der Waals surface area contributed by atoms with Crippen LogP contribution in [-0.2, 0) is 19.1 Å². The third-order valence-electron chi connectivity index (χ3n) is 3.23. The third-order valence-corrected chi connectivity index (χ3v) is 3.23. The van der Waals surface area contributed by atoms with Crippen molar-refractivity contribution in [1.82, 2.24) is 4.98 Å². The number of carbonyl (C=O) groups is 2. The standard InChI is InChI=1S/C16H14N2O5/c1-16(2)22-14(20)11(15(21)23-16)8-17-10-5-3-9-4-6-13(19)18-12(9)7-10/h3-8,17H,1-2H3,(H,18,19). The van der Waals surface area contributed by atoms with Gasteiger partial charge in [-0.2, -0.15) is 0 Å². The van der Waals surface area contributed by atoms with Gasteiger partial charge in [-0.1, -0.05) is 6.07 Å². The van der Waals surface area contributed by atoms with Crippen LogP contribution >= 0.6 is 0 Å². The predicted octanol–water partition coefficient (Wildman–Crippen LogP) is 1.66. The van der Waals surface area contributed by atoms with Crippen LogP contribution in [0.25, 0.3) is 10.9 Å². The van der Waals surface area contributed by atoms with E-state index >= 15 is 0 Å². The minimum absolute atomic E-state index is 0.213. The van der Waals surface area contributed by atoms with Crippen LogP contribution in [0.2, 0.25) is 0 Å².